The lowest BCUT2D eigenvalue weighted by atomic mass is 10.3. The van der Waals surface area contributed by atoms with Crippen LogP contribution in [0, 0.1) is 11.6 Å². The van der Waals surface area contributed by atoms with E-state index in [2.05, 4.69) is 15.5 Å². The van der Waals surface area contributed by atoms with E-state index in [1.165, 1.54) is 12.4 Å². The van der Waals surface area contributed by atoms with Crippen LogP contribution in [-0.2, 0) is 4.79 Å². The maximum atomic E-state index is 13.6. The van der Waals surface area contributed by atoms with Crippen LogP contribution in [0.3, 0.4) is 0 Å². The number of thioether (sulfide) groups is 1. The first kappa shape index (κ1) is 17.9. The second kappa shape index (κ2) is 7.96. The lowest BCUT2D eigenvalue weighted by Crippen LogP contribution is -2.15. The van der Waals surface area contributed by atoms with Crippen molar-refractivity contribution in [3.8, 4) is 11.4 Å². The number of methoxy groups -OCH3 is 1. The van der Waals surface area contributed by atoms with Crippen LogP contribution in [0.1, 0.15) is 0 Å². The van der Waals surface area contributed by atoms with E-state index in [0.29, 0.717) is 11.2 Å². The van der Waals surface area contributed by atoms with Gasteiger partial charge in [0.2, 0.25) is 5.91 Å². The van der Waals surface area contributed by atoms with Gasteiger partial charge in [-0.25, -0.2) is 8.78 Å². The van der Waals surface area contributed by atoms with Crippen LogP contribution < -0.4 is 10.1 Å². The summed E-state index contributed by atoms with van der Waals surface area (Å²) in [6.45, 7) is 0. The Kier molecular flexibility index (Phi) is 5.47. The number of carbonyl (C=O) groups is 1. The number of benzene rings is 2. The number of rotatable bonds is 6. The van der Waals surface area contributed by atoms with Crippen molar-refractivity contribution in [2.45, 2.75) is 5.16 Å². The van der Waals surface area contributed by atoms with E-state index >= 15 is 0 Å². The highest BCUT2D eigenvalue weighted by atomic mass is 32.2. The molecule has 0 saturated heterocycles. The molecule has 0 spiro atoms. The van der Waals surface area contributed by atoms with Crippen LogP contribution >= 0.6 is 11.8 Å². The first-order chi connectivity index (χ1) is 12.6. The number of nitrogens with one attached hydrogen (secondary N) is 1. The van der Waals surface area contributed by atoms with Crippen molar-refractivity contribution in [3.63, 3.8) is 0 Å². The van der Waals surface area contributed by atoms with Gasteiger partial charge in [0.25, 0.3) is 0 Å². The summed E-state index contributed by atoms with van der Waals surface area (Å²) in [7, 11) is 1.58. The topological polar surface area (TPSA) is 69.0 Å². The number of halogens is 2. The minimum atomic E-state index is -0.829. The minimum Gasteiger partial charge on any atom is -0.497 e. The molecule has 0 radical (unpaired) electrons. The van der Waals surface area contributed by atoms with Crippen molar-refractivity contribution in [3.05, 3.63) is 60.4 Å². The number of ether oxygens (including phenoxy) is 1. The number of hydrogen-bond acceptors (Lipinski definition) is 5. The van der Waals surface area contributed by atoms with Crippen LogP contribution in [0.2, 0.25) is 0 Å². The Balaban J connectivity index is 1.64. The van der Waals surface area contributed by atoms with Gasteiger partial charge >= 0.3 is 0 Å². The quantitative estimate of drug-likeness (QED) is 0.669. The molecule has 134 valence electrons. The zero-order chi connectivity index (χ0) is 18.5. The van der Waals surface area contributed by atoms with Crippen molar-refractivity contribution >= 4 is 23.4 Å². The fourth-order valence-electron chi connectivity index (χ4n) is 2.15. The first-order valence-electron chi connectivity index (χ1n) is 7.49. The summed E-state index contributed by atoms with van der Waals surface area (Å²) < 4.78 is 33.3. The highest BCUT2D eigenvalue weighted by Gasteiger charge is 2.12. The normalized spacial score (nSPS) is 10.6. The number of carbonyl (C=O) groups excluding carboxylic acids is 1. The molecular formula is C17H14F2N4O2S. The lowest BCUT2D eigenvalue weighted by molar-refractivity contribution is -0.113. The summed E-state index contributed by atoms with van der Waals surface area (Å²) in [4.78, 5) is 12.0. The fourth-order valence-corrected chi connectivity index (χ4v) is 2.88. The van der Waals surface area contributed by atoms with Crippen LogP contribution in [-0.4, -0.2) is 33.5 Å². The summed E-state index contributed by atoms with van der Waals surface area (Å²) in [6.07, 6.45) is 1.53. The molecule has 0 saturated carbocycles. The Bertz CT molecular complexity index is 915. The van der Waals surface area contributed by atoms with E-state index in [4.69, 9.17) is 4.74 Å². The average Bonchev–Trinajstić information content (AvgIpc) is 3.11. The van der Waals surface area contributed by atoms with Crippen LogP contribution in [0.5, 0.6) is 5.75 Å². The Morgan fingerprint density at radius 2 is 2.00 bits per heavy atom. The van der Waals surface area contributed by atoms with Gasteiger partial charge in [0.05, 0.1) is 18.6 Å². The van der Waals surface area contributed by atoms with Crippen LogP contribution in [0.15, 0.2) is 53.9 Å². The predicted octanol–water partition coefficient (Wildman–Crippen LogP) is 3.28. The zero-order valence-electron chi connectivity index (χ0n) is 13.6. The second-order valence-corrected chi connectivity index (χ2v) is 6.09. The molecule has 0 unspecified atom stereocenters. The van der Waals surface area contributed by atoms with E-state index in [1.54, 1.807) is 23.8 Å². The summed E-state index contributed by atoms with van der Waals surface area (Å²) in [5, 5.41) is 10.7. The smallest absolute Gasteiger partial charge is 0.234 e. The molecule has 0 fully saturated rings. The van der Waals surface area contributed by atoms with E-state index < -0.39 is 17.5 Å². The highest BCUT2D eigenvalue weighted by molar-refractivity contribution is 7.99. The van der Waals surface area contributed by atoms with Crippen LogP contribution in [0.4, 0.5) is 14.5 Å². The van der Waals surface area contributed by atoms with Gasteiger partial charge in [-0.1, -0.05) is 11.8 Å². The molecule has 3 rings (SSSR count). The summed E-state index contributed by atoms with van der Waals surface area (Å²) >= 11 is 1.14. The Hall–Kier alpha value is -2.94. The molecule has 0 aliphatic heterocycles. The summed E-state index contributed by atoms with van der Waals surface area (Å²) in [5.74, 6) is -1.26. The van der Waals surface area contributed by atoms with Crippen molar-refractivity contribution in [2.24, 2.45) is 0 Å². The number of anilines is 1. The number of amides is 1. The predicted molar refractivity (Wildman–Crippen MR) is 93.6 cm³/mol. The van der Waals surface area contributed by atoms with Gasteiger partial charge in [0.15, 0.2) is 5.16 Å². The number of hydrogen-bond donors (Lipinski definition) is 1. The number of nitrogens with zero attached hydrogens (tertiary/aromatic N) is 3. The van der Waals surface area contributed by atoms with Gasteiger partial charge < -0.3 is 10.1 Å². The maximum absolute atomic E-state index is 13.6. The van der Waals surface area contributed by atoms with E-state index in [9.17, 15) is 13.6 Å². The minimum absolute atomic E-state index is 0.00827. The Labute approximate surface area is 152 Å². The molecule has 0 bridgehead atoms. The Morgan fingerprint density at radius 1 is 1.23 bits per heavy atom. The van der Waals surface area contributed by atoms with Gasteiger partial charge in [0.1, 0.15) is 23.7 Å². The van der Waals surface area contributed by atoms with Gasteiger partial charge in [0, 0.05) is 11.8 Å². The third kappa shape index (κ3) is 4.17. The highest BCUT2D eigenvalue weighted by Crippen LogP contribution is 2.22. The molecule has 1 amide bonds. The monoisotopic (exact) mass is 376 g/mol. The first-order valence-corrected chi connectivity index (χ1v) is 8.47. The molecule has 1 heterocycles. The Morgan fingerprint density at radius 3 is 2.69 bits per heavy atom. The summed E-state index contributed by atoms with van der Waals surface area (Å²) in [6, 6.07) is 10.2. The molecule has 6 nitrogen and oxygen atoms in total. The fraction of sp³-hybridized carbons (Fsp3) is 0.118. The van der Waals surface area contributed by atoms with Crippen molar-refractivity contribution in [2.75, 3.05) is 18.2 Å². The second-order valence-electron chi connectivity index (χ2n) is 5.14. The van der Waals surface area contributed by atoms with Gasteiger partial charge in [-0.2, -0.15) is 0 Å². The number of aromatic nitrogens is 3. The molecule has 0 aliphatic carbocycles. The molecular weight excluding hydrogens is 362 g/mol. The molecule has 2 aromatic carbocycles. The molecule has 0 atom stereocenters. The molecule has 9 heteroatoms. The molecule has 0 aliphatic rings. The van der Waals surface area contributed by atoms with Gasteiger partial charge in [-0.15, -0.1) is 10.2 Å². The molecule has 1 N–H and O–H groups in total. The van der Waals surface area contributed by atoms with E-state index in [-0.39, 0.29) is 11.4 Å². The van der Waals surface area contributed by atoms with Gasteiger partial charge in [-0.05, 0) is 36.4 Å². The van der Waals surface area contributed by atoms with Crippen molar-refractivity contribution in [1.82, 2.24) is 14.8 Å². The SMILES string of the molecule is COc1ccc(-n2cnnc2SCC(=O)Nc2ccc(F)cc2F)cc1. The third-order valence-corrected chi connectivity index (χ3v) is 4.35. The molecule has 1 aromatic heterocycles. The molecule has 3 aromatic rings. The molecule has 26 heavy (non-hydrogen) atoms. The van der Waals surface area contributed by atoms with Crippen LogP contribution in [0.25, 0.3) is 5.69 Å². The average molecular weight is 376 g/mol. The van der Waals surface area contributed by atoms with Crippen molar-refractivity contribution in [1.29, 1.82) is 0 Å². The van der Waals surface area contributed by atoms with Gasteiger partial charge in [-0.3, -0.25) is 9.36 Å². The largest absolute Gasteiger partial charge is 0.497 e. The maximum Gasteiger partial charge on any atom is 0.234 e. The standard InChI is InChI=1S/C17H14F2N4O2S/c1-25-13-5-3-12(4-6-13)23-10-20-22-17(23)26-9-16(24)21-15-7-2-11(18)8-14(15)19/h2-8,10H,9H2,1H3,(H,21,24). The summed E-state index contributed by atoms with van der Waals surface area (Å²) in [5.41, 5.74) is 0.733. The third-order valence-electron chi connectivity index (χ3n) is 3.40. The lowest BCUT2D eigenvalue weighted by Gasteiger charge is -2.08. The van der Waals surface area contributed by atoms with E-state index in [1.807, 2.05) is 12.1 Å². The zero-order valence-corrected chi connectivity index (χ0v) is 14.5. The van der Waals surface area contributed by atoms with Crippen molar-refractivity contribution < 1.29 is 18.3 Å². The van der Waals surface area contributed by atoms with E-state index in [0.717, 1.165) is 29.3 Å².